The van der Waals surface area contributed by atoms with Crippen LogP contribution in [0.25, 0.3) is 0 Å². The molecule has 0 amide bonds. The van der Waals surface area contributed by atoms with Gasteiger partial charge in [-0.15, -0.1) is 0 Å². The lowest BCUT2D eigenvalue weighted by Crippen LogP contribution is -2.24. The second kappa shape index (κ2) is 5.61. The van der Waals surface area contributed by atoms with Crippen LogP contribution in [0.1, 0.15) is 32.4 Å². The Morgan fingerprint density at radius 1 is 1.50 bits per heavy atom. The fraction of sp³-hybridized carbons (Fsp3) is 0.769. The van der Waals surface area contributed by atoms with Crippen LogP contribution in [-0.4, -0.2) is 29.0 Å². The summed E-state index contributed by atoms with van der Waals surface area (Å²) in [5.41, 5.74) is 7.72. The average molecular weight is 252 g/mol. The number of rotatable bonds is 5. The van der Waals surface area contributed by atoms with Gasteiger partial charge in [-0.3, -0.25) is 0 Å². The number of aryl methyl sites for hydroxylation is 2. The zero-order valence-electron chi connectivity index (χ0n) is 11.6. The highest BCUT2D eigenvalue weighted by molar-refractivity contribution is 5.64. The molecule has 1 aromatic rings. The first-order chi connectivity index (χ1) is 8.67. The largest absolute Gasteiger partial charge is 0.394 e. The summed E-state index contributed by atoms with van der Waals surface area (Å²) in [7, 11) is 0. The van der Waals surface area contributed by atoms with Gasteiger partial charge in [-0.2, -0.15) is 5.10 Å². The second-order valence-electron chi connectivity index (χ2n) is 4.91. The number of anilines is 2. The van der Waals surface area contributed by atoms with Gasteiger partial charge in [0.15, 0.2) is 0 Å². The average Bonchev–Trinajstić information content (AvgIpc) is 2.93. The quantitative estimate of drug-likeness (QED) is 0.841. The number of nitrogens with zero attached hydrogens (tertiary/aromatic N) is 2. The van der Waals surface area contributed by atoms with Crippen molar-refractivity contribution in [2.75, 3.05) is 24.2 Å². The smallest absolute Gasteiger partial charge is 0.148 e. The SMILES string of the molecule is CCC1OCCC1CNc1c(N)c(C)nn1CC. The Labute approximate surface area is 109 Å². The molecule has 1 aliphatic rings. The van der Waals surface area contributed by atoms with E-state index in [9.17, 15) is 0 Å². The molecule has 1 saturated heterocycles. The molecule has 1 aromatic heterocycles. The van der Waals surface area contributed by atoms with Crippen molar-refractivity contribution in [1.82, 2.24) is 9.78 Å². The molecule has 0 radical (unpaired) electrons. The summed E-state index contributed by atoms with van der Waals surface area (Å²) in [5, 5.41) is 7.87. The molecule has 0 aromatic carbocycles. The van der Waals surface area contributed by atoms with Gasteiger partial charge in [0, 0.05) is 25.6 Å². The molecule has 0 bridgehead atoms. The number of hydrogen-bond donors (Lipinski definition) is 2. The minimum absolute atomic E-state index is 0.387. The molecule has 2 heterocycles. The van der Waals surface area contributed by atoms with Crippen molar-refractivity contribution in [2.45, 2.75) is 46.3 Å². The molecular weight excluding hydrogens is 228 g/mol. The van der Waals surface area contributed by atoms with E-state index in [-0.39, 0.29) is 0 Å². The van der Waals surface area contributed by atoms with E-state index in [1.807, 2.05) is 11.6 Å². The lowest BCUT2D eigenvalue weighted by Gasteiger charge is -2.18. The van der Waals surface area contributed by atoms with Crippen molar-refractivity contribution in [1.29, 1.82) is 0 Å². The molecule has 1 fully saturated rings. The van der Waals surface area contributed by atoms with E-state index < -0.39 is 0 Å². The number of ether oxygens (including phenoxy) is 1. The van der Waals surface area contributed by atoms with E-state index >= 15 is 0 Å². The standard InChI is InChI=1S/C13H24N4O/c1-4-11-10(6-7-18-11)8-15-13-12(14)9(3)16-17(13)5-2/h10-11,15H,4-8,14H2,1-3H3. The van der Waals surface area contributed by atoms with Gasteiger partial charge >= 0.3 is 0 Å². The minimum atomic E-state index is 0.387. The molecular formula is C13H24N4O. The van der Waals surface area contributed by atoms with Gasteiger partial charge in [-0.05, 0) is 26.7 Å². The Hall–Kier alpha value is -1.23. The van der Waals surface area contributed by atoms with Crippen molar-refractivity contribution < 1.29 is 4.74 Å². The zero-order valence-corrected chi connectivity index (χ0v) is 11.6. The van der Waals surface area contributed by atoms with Gasteiger partial charge in [0.2, 0.25) is 0 Å². The van der Waals surface area contributed by atoms with E-state index in [1.54, 1.807) is 0 Å². The van der Waals surface area contributed by atoms with Crippen LogP contribution in [0.15, 0.2) is 0 Å². The van der Waals surface area contributed by atoms with Gasteiger partial charge < -0.3 is 15.8 Å². The van der Waals surface area contributed by atoms with Crippen molar-refractivity contribution in [3.05, 3.63) is 5.69 Å². The molecule has 3 N–H and O–H groups in total. The van der Waals surface area contributed by atoms with Crippen molar-refractivity contribution >= 4 is 11.5 Å². The van der Waals surface area contributed by atoms with Crippen LogP contribution in [0.2, 0.25) is 0 Å². The molecule has 0 saturated carbocycles. The first kappa shape index (κ1) is 13.2. The van der Waals surface area contributed by atoms with E-state index in [2.05, 4.69) is 24.3 Å². The summed E-state index contributed by atoms with van der Waals surface area (Å²) in [5.74, 6) is 1.53. The first-order valence-corrected chi connectivity index (χ1v) is 6.85. The topological polar surface area (TPSA) is 65.1 Å². The molecule has 18 heavy (non-hydrogen) atoms. The van der Waals surface area contributed by atoms with Crippen LogP contribution in [0, 0.1) is 12.8 Å². The predicted molar refractivity (Wildman–Crippen MR) is 73.7 cm³/mol. The summed E-state index contributed by atoms with van der Waals surface area (Å²) in [4.78, 5) is 0. The Kier molecular flexibility index (Phi) is 4.11. The molecule has 5 heteroatoms. The van der Waals surface area contributed by atoms with E-state index in [0.29, 0.717) is 12.0 Å². The van der Waals surface area contributed by atoms with Crippen molar-refractivity contribution in [3.8, 4) is 0 Å². The third-order valence-electron chi connectivity index (χ3n) is 3.75. The van der Waals surface area contributed by atoms with Gasteiger partial charge in [0.05, 0.1) is 17.5 Å². The summed E-state index contributed by atoms with van der Waals surface area (Å²) < 4.78 is 7.63. The molecule has 2 atom stereocenters. The lowest BCUT2D eigenvalue weighted by molar-refractivity contribution is 0.0900. The van der Waals surface area contributed by atoms with E-state index in [1.165, 1.54) is 0 Å². The van der Waals surface area contributed by atoms with Gasteiger partial charge in [0.1, 0.15) is 5.82 Å². The fourth-order valence-electron chi connectivity index (χ4n) is 2.62. The van der Waals surface area contributed by atoms with Crippen molar-refractivity contribution in [2.24, 2.45) is 5.92 Å². The molecule has 0 spiro atoms. The maximum absolute atomic E-state index is 6.05. The highest BCUT2D eigenvalue weighted by Gasteiger charge is 2.27. The summed E-state index contributed by atoms with van der Waals surface area (Å²) >= 11 is 0. The first-order valence-electron chi connectivity index (χ1n) is 6.85. The highest BCUT2D eigenvalue weighted by atomic mass is 16.5. The fourth-order valence-corrected chi connectivity index (χ4v) is 2.62. The van der Waals surface area contributed by atoms with Crippen molar-refractivity contribution in [3.63, 3.8) is 0 Å². The van der Waals surface area contributed by atoms with Crippen LogP contribution >= 0.6 is 0 Å². The Morgan fingerprint density at radius 3 is 2.94 bits per heavy atom. The molecule has 102 valence electrons. The molecule has 2 rings (SSSR count). The summed E-state index contributed by atoms with van der Waals surface area (Å²) in [6.07, 6.45) is 2.59. The third-order valence-corrected chi connectivity index (χ3v) is 3.75. The summed E-state index contributed by atoms with van der Waals surface area (Å²) in [6.45, 7) is 8.82. The Balaban J connectivity index is 2.01. The second-order valence-corrected chi connectivity index (χ2v) is 4.91. The zero-order chi connectivity index (χ0) is 13.1. The third kappa shape index (κ3) is 2.46. The van der Waals surface area contributed by atoms with E-state index in [4.69, 9.17) is 10.5 Å². The predicted octanol–water partition coefficient (Wildman–Crippen LogP) is 2.02. The Morgan fingerprint density at radius 2 is 2.28 bits per heavy atom. The maximum atomic E-state index is 6.05. The molecule has 0 aliphatic carbocycles. The molecule has 5 nitrogen and oxygen atoms in total. The van der Waals surface area contributed by atoms with E-state index in [0.717, 1.165) is 49.7 Å². The Bertz CT molecular complexity index is 402. The maximum Gasteiger partial charge on any atom is 0.148 e. The molecule has 2 unspecified atom stereocenters. The normalized spacial score (nSPS) is 23.5. The number of nitrogen functional groups attached to an aromatic ring is 1. The van der Waals surface area contributed by atoms with Crippen LogP contribution in [0.3, 0.4) is 0 Å². The summed E-state index contributed by atoms with van der Waals surface area (Å²) in [6, 6.07) is 0. The minimum Gasteiger partial charge on any atom is -0.394 e. The van der Waals surface area contributed by atoms with Crippen LogP contribution in [-0.2, 0) is 11.3 Å². The number of nitrogens with two attached hydrogens (primary N) is 1. The van der Waals surface area contributed by atoms with Crippen LogP contribution in [0.5, 0.6) is 0 Å². The number of hydrogen-bond acceptors (Lipinski definition) is 4. The van der Waals surface area contributed by atoms with Crippen LogP contribution < -0.4 is 11.1 Å². The van der Waals surface area contributed by atoms with Gasteiger partial charge in [-0.25, -0.2) is 4.68 Å². The number of aromatic nitrogens is 2. The number of nitrogens with one attached hydrogen (secondary N) is 1. The van der Waals surface area contributed by atoms with Gasteiger partial charge in [-0.1, -0.05) is 6.92 Å². The van der Waals surface area contributed by atoms with Gasteiger partial charge in [0.25, 0.3) is 0 Å². The molecule has 1 aliphatic heterocycles. The van der Waals surface area contributed by atoms with Crippen LogP contribution in [0.4, 0.5) is 11.5 Å². The highest BCUT2D eigenvalue weighted by Crippen LogP contribution is 2.26. The lowest BCUT2D eigenvalue weighted by atomic mass is 10.00. The monoisotopic (exact) mass is 252 g/mol.